The highest BCUT2D eigenvalue weighted by atomic mass is 16.7. The molecule has 0 bridgehead atoms. The Kier molecular flexibility index (Phi) is 8.71. The average molecular weight is 726 g/mol. The minimum Gasteiger partial charge on any atom is -0.443 e. The molecule has 5 heterocycles. The summed E-state index contributed by atoms with van der Waals surface area (Å²) in [7, 11) is 0. The average Bonchev–Trinajstić information content (AvgIpc) is 3.62. The first kappa shape index (κ1) is 35.4. The number of fused-ring (bicyclic) bond motifs is 4. The first-order chi connectivity index (χ1) is 25.0. The van der Waals surface area contributed by atoms with Gasteiger partial charge in [0.2, 0.25) is 0 Å². The normalized spacial score (nSPS) is 47.8. The Labute approximate surface area is 315 Å². The van der Waals surface area contributed by atoms with Crippen LogP contribution in [0.25, 0.3) is 0 Å². The molecule has 2 spiro atoms. The lowest BCUT2D eigenvalue weighted by molar-refractivity contribution is -0.246. The Hall–Kier alpha value is -0.970. The van der Waals surface area contributed by atoms with E-state index >= 15 is 0 Å². The molecule has 1 amide bonds. The summed E-state index contributed by atoms with van der Waals surface area (Å²) < 4.78 is 32.1. The second kappa shape index (κ2) is 12.8. The number of rotatable bonds is 8. The van der Waals surface area contributed by atoms with Gasteiger partial charge in [0.25, 0.3) is 0 Å². The van der Waals surface area contributed by atoms with E-state index < -0.39 is 0 Å². The van der Waals surface area contributed by atoms with Crippen LogP contribution in [0.1, 0.15) is 107 Å². The molecule has 52 heavy (non-hydrogen) atoms. The van der Waals surface area contributed by atoms with E-state index in [1.807, 2.05) is 4.90 Å². The first-order valence-corrected chi connectivity index (χ1v) is 21.9. The van der Waals surface area contributed by atoms with E-state index in [0.717, 1.165) is 82.5 Å². The van der Waals surface area contributed by atoms with Gasteiger partial charge in [0.05, 0.1) is 44.2 Å². The van der Waals surface area contributed by atoms with Gasteiger partial charge in [-0.1, -0.05) is 34.6 Å². The molecule has 0 aromatic rings. The van der Waals surface area contributed by atoms with Crippen molar-refractivity contribution in [3.8, 4) is 0 Å². The maximum Gasteiger partial charge on any atom is 0.410 e. The smallest absolute Gasteiger partial charge is 0.410 e. The number of nitrogens with zero attached hydrogens (tertiary/aromatic N) is 3. The van der Waals surface area contributed by atoms with Gasteiger partial charge in [-0.15, -0.1) is 0 Å². The van der Waals surface area contributed by atoms with Crippen LogP contribution in [0.3, 0.4) is 0 Å². The van der Waals surface area contributed by atoms with Crippen LogP contribution < -0.4 is 0 Å². The van der Waals surface area contributed by atoms with Gasteiger partial charge in [0.1, 0.15) is 6.10 Å². The number of likely N-dealkylation sites (tertiary alicyclic amines) is 2. The highest BCUT2D eigenvalue weighted by molar-refractivity contribution is 5.68. The van der Waals surface area contributed by atoms with Crippen molar-refractivity contribution in [2.75, 3.05) is 65.6 Å². The number of carbonyl (C=O) groups is 1. The molecule has 5 saturated heterocycles. The highest BCUT2D eigenvalue weighted by Gasteiger charge is 2.80. The molecule has 0 N–H and O–H groups in total. The fraction of sp³-hybridized carbons (Fsp3) is 0.977. The Balaban J connectivity index is 0.00000372. The van der Waals surface area contributed by atoms with Crippen molar-refractivity contribution >= 4 is 6.09 Å². The monoisotopic (exact) mass is 726 g/mol. The molecule has 5 saturated carbocycles. The predicted octanol–water partition coefficient (Wildman–Crippen LogP) is 6.68. The minimum absolute atomic E-state index is 0. The summed E-state index contributed by atoms with van der Waals surface area (Å²) in [5, 5.41) is 0. The number of hydrogen-bond acceptors (Lipinski definition) is 8. The molecular weight excluding hydrogens is 654 g/mol. The fourth-order valence-electron chi connectivity index (χ4n) is 15.0. The summed E-state index contributed by atoms with van der Waals surface area (Å²) in [6.07, 6.45) is 14.3. The van der Waals surface area contributed by atoms with Gasteiger partial charge in [0.15, 0.2) is 6.29 Å². The number of morpholine rings is 1. The zero-order chi connectivity index (χ0) is 35.6. The van der Waals surface area contributed by atoms with E-state index in [2.05, 4.69) is 44.4 Å². The Morgan fingerprint density at radius 1 is 0.904 bits per heavy atom. The van der Waals surface area contributed by atoms with Crippen LogP contribution >= 0.6 is 0 Å². The second-order valence-corrected chi connectivity index (χ2v) is 21.0. The van der Waals surface area contributed by atoms with Crippen LogP contribution in [0.5, 0.6) is 0 Å². The van der Waals surface area contributed by atoms with Crippen LogP contribution in [-0.2, 0) is 23.7 Å². The largest absolute Gasteiger partial charge is 0.443 e. The minimum atomic E-state index is -0.152. The van der Waals surface area contributed by atoms with Gasteiger partial charge >= 0.3 is 6.09 Å². The highest BCUT2D eigenvalue weighted by Crippen LogP contribution is 2.87. The van der Waals surface area contributed by atoms with Crippen molar-refractivity contribution in [3.63, 3.8) is 0 Å². The molecule has 10 fully saturated rings. The summed E-state index contributed by atoms with van der Waals surface area (Å²) in [5.74, 6) is 4.02. The first-order valence-electron chi connectivity index (χ1n) is 21.9. The molecule has 5 aliphatic heterocycles. The Bertz CT molecular complexity index is 1370. The van der Waals surface area contributed by atoms with E-state index in [4.69, 9.17) is 23.7 Å². The maximum absolute atomic E-state index is 12.9. The van der Waals surface area contributed by atoms with Gasteiger partial charge in [-0.2, -0.15) is 0 Å². The van der Waals surface area contributed by atoms with E-state index in [9.17, 15) is 4.79 Å². The van der Waals surface area contributed by atoms with Gasteiger partial charge in [-0.25, -0.2) is 4.79 Å². The molecule has 10 rings (SSSR count). The third kappa shape index (κ3) is 5.38. The van der Waals surface area contributed by atoms with Crippen molar-refractivity contribution in [2.45, 2.75) is 142 Å². The summed E-state index contributed by atoms with van der Waals surface area (Å²) >= 11 is 0. The second-order valence-electron chi connectivity index (χ2n) is 21.0. The SMILES string of the molecule is CC(C)[C@@H](OC(=O)N1CCC1)C1CCC2C(CC3C4CCC5C(C)(C)[C@@H](OC6CN(CC7CN(C8COC8)C7)CCO6)CCC56C[C@@]46CCC23C)O1.[HH]. The lowest BCUT2D eigenvalue weighted by Crippen LogP contribution is -2.61. The Morgan fingerprint density at radius 3 is 2.44 bits per heavy atom. The molecule has 9 nitrogen and oxygen atoms in total. The van der Waals surface area contributed by atoms with Crippen molar-refractivity contribution in [1.82, 2.24) is 14.7 Å². The molecule has 9 unspecified atom stereocenters. The van der Waals surface area contributed by atoms with Crippen molar-refractivity contribution in [3.05, 3.63) is 0 Å². The third-order valence-corrected chi connectivity index (χ3v) is 18.0. The fourth-order valence-corrected chi connectivity index (χ4v) is 15.0. The predicted molar refractivity (Wildman–Crippen MR) is 200 cm³/mol. The molecule has 12 atom stereocenters. The number of hydrogen-bond donors (Lipinski definition) is 0. The van der Waals surface area contributed by atoms with E-state index in [0.29, 0.717) is 34.3 Å². The molecule has 0 radical (unpaired) electrons. The van der Waals surface area contributed by atoms with Crippen LogP contribution in [0.4, 0.5) is 4.79 Å². The standard InChI is InChI=1S/C43H69N3O6.H2/c1-27(2)38(52-39(47)45-15-6-16-45)33-9-7-31-34(50-33)19-32-30-8-10-35-40(3,4)36(11-12-43(35)26-42(30,43)14-13-41(31,32)5)51-37-23-44(17-18-49-37)20-28-21-46(22-28)29-24-48-25-29;/h27-38H,6-26H2,1-5H3;1H/t30?,31?,32?,33?,34?,35?,36-,37?,38+,41?,42-,43?;/m0./s1. The van der Waals surface area contributed by atoms with Crippen LogP contribution in [-0.4, -0.2) is 123 Å². The number of ether oxygens (including phenoxy) is 5. The third-order valence-electron chi connectivity index (χ3n) is 18.0. The van der Waals surface area contributed by atoms with Crippen molar-refractivity contribution in [1.29, 1.82) is 0 Å². The lowest BCUT2D eigenvalue weighted by Gasteiger charge is -2.60. The maximum atomic E-state index is 12.9. The van der Waals surface area contributed by atoms with Gasteiger partial charge in [-0.05, 0) is 128 Å². The van der Waals surface area contributed by atoms with Gasteiger partial charge < -0.3 is 28.6 Å². The van der Waals surface area contributed by atoms with Crippen LogP contribution in [0.2, 0.25) is 0 Å². The molecule has 9 heteroatoms. The summed E-state index contributed by atoms with van der Waals surface area (Å²) in [6.45, 7) is 22.1. The molecular formula is C43H71N3O6. The topological polar surface area (TPSA) is 72.9 Å². The van der Waals surface area contributed by atoms with E-state index in [-0.39, 0.29) is 43.5 Å². The zero-order valence-electron chi connectivity index (χ0n) is 33.1. The molecule has 294 valence electrons. The molecule has 0 aromatic carbocycles. The zero-order valence-corrected chi connectivity index (χ0v) is 33.1. The van der Waals surface area contributed by atoms with Crippen LogP contribution in [0.15, 0.2) is 0 Å². The molecule has 10 aliphatic rings. The summed E-state index contributed by atoms with van der Waals surface area (Å²) in [6, 6.07) is 0.675. The van der Waals surface area contributed by atoms with Crippen LogP contribution in [0, 0.1) is 57.2 Å². The van der Waals surface area contributed by atoms with Gasteiger partial charge in [-0.3, -0.25) is 9.80 Å². The van der Waals surface area contributed by atoms with Crippen molar-refractivity contribution in [2.24, 2.45) is 57.2 Å². The molecule has 5 aliphatic carbocycles. The molecule has 0 aromatic heterocycles. The number of carbonyl (C=O) groups excluding carboxylic acids is 1. The summed E-state index contributed by atoms with van der Waals surface area (Å²) in [5.41, 5.74) is 1.58. The lowest BCUT2D eigenvalue weighted by atomic mass is 9.46. The quantitative estimate of drug-likeness (QED) is 0.275. The Morgan fingerprint density at radius 2 is 1.71 bits per heavy atom. The van der Waals surface area contributed by atoms with Crippen molar-refractivity contribution < 1.29 is 29.9 Å². The number of amides is 1. The van der Waals surface area contributed by atoms with Gasteiger partial charge in [0, 0.05) is 47.2 Å². The van der Waals surface area contributed by atoms with E-state index in [1.165, 1.54) is 77.4 Å². The summed E-state index contributed by atoms with van der Waals surface area (Å²) in [4.78, 5) is 19.9. The van der Waals surface area contributed by atoms with E-state index in [1.54, 1.807) is 0 Å².